The third-order valence-corrected chi connectivity index (χ3v) is 5.21. The number of nitrogens with one attached hydrogen (secondary N) is 2. The van der Waals surface area contributed by atoms with Gasteiger partial charge in [0.2, 0.25) is 5.95 Å². The van der Waals surface area contributed by atoms with Crippen LogP contribution in [-0.2, 0) is 10.9 Å². The summed E-state index contributed by atoms with van der Waals surface area (Å²) in [4.78, 5) is 8.01. The summed E-state index contributed by atoms with van der Waals surface area (Å²) in [7, 11) is 0. The van der Waals surface area contributed by atoms with Gasteiger partial charge in [0.15, 0.2) is 11.6 Å². The van der Waals surface area contributed by atoms with Gasteiger partial charge in [0.05, 0.1) is 31.9 Å². The fourth-order valence-corrected chi connectivity index (χ4v) is 3.56. The molecule has 150 valence electrons. The molecular weight excluding hydrogens is 377 g/mol. The molecule has 2 N–H and O–H groups in total. The molecule has 2 aromatic rings. The van der Waals surface area contributed by atoms with Crippen LogP contribution in [0.2, 0.25) is 0 Å². The van der Waals surface area contributed by atoms with Crippen LogP contribution in [0.15, 0.2) is 6.20 Å². The molecule has 2 fully saturated rings. The van der Waals surface area contributed by atoms with Gasteiger partial charge in [-0.25, -0.2) is 9.67 Å². The molecule has 1 saturated carbocycles. The van der Waals surface area contributed by atoms with Crippen molar-refractivity contribution in [3.8, 4) is 5.75 Å². The highest BCUT2D eigenvalue weighted by Gasteiger charge is 2.39. The molecule has 5 rings (SSSR count). The Balaban J connectivity index is 1.62. The Kier molecular flexibility index (Phi) is 3.90. The third kappa shape index (κ3) is 3.03. The van der Waals surface area contributed by atoms with E-state index in [0.29, 0.717) is 30.5 Å². The van der Waals surface area contributed by atoms with E-state index in [2.05, 4.69) is 25.7 Å². The van der Waals surface area contributed by atoms with E-state index in [4.69, 9.17) is 9.47 Å². The van der Waals surface area contributed by atoms with E-state index in [1.165, 1.54) is 0 Å². The van der Waals surface area contributed by atoms with Crippen LogP contribution < -0.4 is 15.4 Å². The zero-order chi connectivity index (χ0) is 19.5. The zero-order valence-electron chi connectivity index (χ0n) is 15.1. The van der Waals surface area contributed by atoms with Crippen molar-refractivity contribution in [1.82, 2.24) is 19.7 Å². The van der Waals surface area contributed by atoms with Gasteiger partial charge in [0.25, 0.3) is 0 Å². The van der Waals surface area contributed by atoms with Crippen molar-refractivity contribution in [2.24, 2.45) is 5.92 Å². The summed E-state index contributed by atoms with van der Waals surface area (Å²) < 4.78 is 53.7. The zero-order valence-corrected chi connectivity index (χ0v) is 15.1. The number of ether oxygens (including phenoxy) is 2. The second-order valence-electron chi connectivity index (χ2n) is 7.38. The Hall–Kier alpha value is -2.56. The standard InChI is InChI=1S/C17H19F3N6O2/c1-8-13-15(26(25-8)10-2-3-10)24-16-21-4-11(17(18,19)20)14(23-16)22-12-7-27-5-9(12)6-28-13/h4,9-10,12H,2-3,5-7H2,1H3,(H2,21,22,23,24)/t9-,12+/m0/s1. The van der Waals surface area contributed by atoms with E-state index < -0.39 is 11.7 Å². The van der Waals surface area contributed by atoms with E-state index in [0.717, 1.165) is 19.0 Å². The number of hydrogen-bond acceptors (Lipinski definition) is 7. The highest BCUT2D eigenvalue weighted by molar-refractivity contribution is 5.62. The SMILES string of the molecule is Cc1nn(C2CC2)c2c1OC[C@@H]1COC[C@H]1Nc1nc(ncc1C(F)(F)F)N2. The first-order valence-corrected chi connectivity index (χ1v) is 9.17. The molecule has 2 aliphatic heterocycles. The van der Waals surface area contributed by atoms with Gasteiger partial charge in [0.1, 0.15) is 17.1 Å². The summed E-state index contributed by atoms with van der Waals surface area (Å²) >= 11 is 0. The molecule has 3 aliphatic rings. The molecule has 0 amide bonds. The topological polar surface area (TPSA) is 86.1 Å². The van der Waals surface area contributed by atoms with Gasteiger partial charge in [-0.2, -0.15) is 23.3 Å². The summed E-state index contributed by atoms with van der Waals surface area (Å²) in [5.41, 5.74) is -0.194. The van der Waals surface area contributed by atoms with E-state index in [-0.39, 0.29) is 36.4 Å². The molecule has 1 saturated heterocycles. The summed E-state index contributed by atoms with van der Waals surface area (Å²) in [5, 5.41) is 10.5. The lowest BCUT2D eigenvalue weighted by Crippen LogP contribution is -2.33. The number of halogens is 3. The quantitative estimate of drug-likeness (QED) is 0.767. The summed E-state index contributed by atoms with van der Waals surface area (Å²) in [6.45, 7) is 2.83. The fraction of sp³-hybridized carbons (Fsp3) is 0.588. The molecule has 1 aliphatic carbocycles. The maximum Gasteiger partial charge on any atom is 0.421 e. The minimum absolute atomic E-state index is 0.0551. The van der Waals surface area contributed by atoms with E-state index in [1.807, 2.05) is 11.6 Å². The Morgan fingerprint density at radius 3 is 2.79 bits per heavy atom. The number of aryl methyl sites for hydroxylation is 1. The van der Waals surface area contributed by atoms with Crippen molar-refractivity contribution in [3.63, 3.8) is 0 Å². The van der Waals surface area contributed by atoms with Crippen LogP contribution in [0.4, 0.5) is 30.8 Å². The predicted molar refractivity (Wildman–Crippen MR) is 92.8 cm³/mol. The van der Waals surface area contributed by atoms with Crippen LogP contribution in [0.1, 0.15) is 30.1 Å². The maximum absolute atomic E-state index is 13.4. The second kappa shape index (κ2) is 6.23. The number of aromatic nitrogens is 4. The second-order valence-corrected chi connectivity index (χ2v) is 7.38. The molecule has 0 aromatic carbocycles. The lowest BCUT2D eigenvalue weighted by Gasteiger charge is -2.21. The van der Waals surface area contributed by atoms with Gasteiger partial charge in [-0.15, -0.1) is 0 Å². The number of rotatable bonds is 1. The normalized spacial score (nSPS) is 24.3. The molecule has 11 heteroatoms. The predicted octanol–water partition coefficient (Wildman–Crippen LogP) is 2.90. The van der Waals surface area contributed by atoms with Gasteiger partial charge in [0, 0.05) is 12.1 Å². The molecule has 4 heterocycles. The van der Waals surface area contributed by atoms with E-state index in [9.17, 15) is 13.2 Å². The number of nitrogens with zero attached hydrogens (tertiary/aromatic N) is 4. The molecule has 8 nitrogen and oxygen atoms in total. The first kappa shape index (κ1) is 17.5. The molecule has 2 bridgehead atoms. The van der Waals surface area contributed by atoms with E-state index in [1.54, 1.807) is 0 Å². The fourth-order valence-electron chi connectivity index (χ4n) is 3.56. The first-order chi connectivity index (χ1) is 13.4. The monoisotopic (exact) mass is 396 g/mol. The van der Waals surface area contributed by atoms with Gasteiger partial charge >= 0.3 is 6.18 Å². The molecule has 0 spiro atoms. The average Bonchev–Trinajstić information content (AvgIpc) is 3.31. The minimum atomic E-state index is -4.57. The lowest BCUT2D eigenvalue weighted by atomic mass is 10.0. The number of fused-ring (bicyclic) bond motifs is 4. The van der Waals surface area contributed by atoms with Crippen LogP contribution in [0.5, 0.6) is 5.75 Å². The maximum atomic E-state index is 13.4. The third-order valence-electron chi connectivity index (χ3n) is 5.21. The summed E-state index contributed by atoms with van der Waals surface area (Å²) in [5.74, 6) is 0.823. The van der Waals surface area contributed by atoms with Crippen LogP contribution in [0.25, 0.3) is 0 Å². The van der Waals surface area contributed by atoms with Crippen molar-refractivity contribution < 1.29 is 22.6 Å². The van der Waals surface area contributed by atoms with E-state index >= 15 is 0 Å². The van der Waals surface area contributed by atoms with Crippen molar-refractivity contribution in [1.29, 1.82) is 0 Å². The highest BCUT2D eigenvalue weighted by atomic mass is 19.4. The van der Waals surface area contributed by atoms with Crippen LogP contribution in [0.3, 0.4) is 0 Å². The Bertz CT molecular complexity index is 911. The Morgan fingerprint density at radius 2 is 2.04 bits per heavy atom. The Labute approximate surface area is 158 Å². The van der Waals surface area contributed by atoms with Crippen molar-refractivity contribution in [2.45, 2.75) is 38.0 Å². The lowest BCUT2D eigenvalue weighted by molar-refractivity contribution is -0.137. The number of alkyl halides is 3. The summed E-state index contributed by atoms with van der Waals surface area (Å²) in [6, 6.07) is -0.0949. The first-order valence-electron chi connectivity index (χ1n) is 9.17. The smallest absolute Gasteiger partial charge is 0.421 e. The molecule has 28 heavy (non-hydrogen) atoms. The summed E-state index contributed by atoms with van der Waals surface area (Å²) in [6.07, 6.45) is -1.78. The number of anilines is 3. The minimum Gasteiger partial charge on any atom is -0.487 e. The number of hydrogen-bond donors (Lipinski definition) is 2. The van der Waals surface area contributed by atoms with Gasteiger partial charge < -0.3 is 20.1 Å². The molecule has 2 atom stereocenters. The van der Waals surface area contributed by atoms with Gasteiger partial charge in [-0.3, -0.25) is 0 Å². The molecule has 2 aromatic heterocycles. The average molecular weight is 396 g/mol. The van der Waals surface area contributed by atoms with Crippen molar-refractivity contribution >= 4 is 17.6 Å². The van der Waals surface area contributed by atoms with Crippen molar-refractivity contribution in [2.75, 3.05) is 30.5 Å². The molecular formula is C17H19F3N6O2. The molecule has 0 radical (unpaired) electrons. The van der Waals surface area contributed by atoms with Crippen LogP contribution in [-0.4, -0.2) is 45.6 Å². The highest BCUT2D eigenvalue weighted by Crippen LogP contribution is 2.43. The van der Waals surface area contributed by atoms with Crippen LogP contribution in [0, 0.1) is 12.8 Å². The van der Waals surface area contributed by atoms with Gasteiger partial charge in [-0.1, -0.05) is 0 Å². The Morgan fingerprint density at radius 1 is 1.21 bits per heavy atom. The molecule has 0 unspecified atom stereocenters. The van der Waals surface area contributed by atoms with Crippen LogP contribution >= 0.6 is 0 Å². The van der Waals surface area contributed by atoms with Gasteiger partial charge in [-0.05, 0) is 19.8 Å². The largest absolute Gasteiger partial charge is 0.487 e. The van der Waals surface area contributed by atoms with Crippen molar-refractivity contribution in [3.05, 3.63) is 17.5 Å².